The van der Waals surface area contributed by atoms with Gasteiger partial charge in [-0.3, -0.25) is 4.90 Å². The minimum absolute atomic E-state index is 0.852. The zero-order valence-electron chi connectivity index (χ0n) is 12.4. The molecule has 1 aliphatic heterocycles. The van der Waals surface area contributed by atoms with Crippen LogP contribution in [0.3, 0.4) is 0 Å². The Hall–Kier alpha value is -1.06. The highest BCUT2D eigenvalue weighted by Crippen LogP contribution is 2.23. The van der Waals surface area contributed by atoms with Crippen LogP contribution < -0.4 is 10.1 Å². The number of rotatable bonds is 5. The summed E-state index contributed by atoms with van der Waals surface area (Å²) in [7, 11) is 3.71. The summed E-state index contributed by atoms with van der Waals surface area (Å²) in [6.07, 6.45) is 2.66. The van der Waals surface area contributed by atoms with Crippen LogP contribution in [-0.4, -0.2) is 32.1 Å². The lowest BCUT2D eigenvalue weighted by atomic mass is 9.98. The number of benzene rings is 1. The number of piperidine rings is 1. The molecule has 1 saturated heterocycles. The number of hydrogen-bond donors (Lipinski definition) is 1. The molecule has 19 heavy (non-hydrogen) atoms. The van der Waals surface area contributed by atoms with Gasteiger partial charge in [-0.2, -0.15) is 0 Å². The molecule has 0 aliphatic carbocycles. The molecule has 3 nitrogen and oxygen atoms in total. The molecule has 0 saturated carbocycles. The summed E-state index contributed by atoms with van der Waals surface area (Å²) < 4.78 is 5.49. The Morgan fingerprint density at radius 3 is 2.68 bits per heavy atom. The van der Waals surface area contributed by atoms with Crippen molar-refractivity contribution in [2.24, 2.45) is 5.92 Å². The highest BCUT2D eigenvalue weighted by molar-refractivity contribution is 5.37. The predicted molar refractivity (Wildman–Crippen MR) is 79.4 cm³/mol. The molecular weight excluding hydrogens is 236 g/mol. The molecule has 0 aromatic heterocycles. The topological polar surface area (TPSA) is 24.5 Å². The number of hydrogen-bond acceptors (Lipinski definition) is 3. The fourth-order valence-electron chi connectivity index (χ4n) is 2.70. The molecule has 106 valence electrons. The van der Waals surface area contributed by atoms with Gasteiger partial charge in [-0.15, -0.1) is 0 Å². The van der Waals surface area contributed by atoms with Crippen LogP contribution in [0.25, 0.3) is 0 Å². The Kier molecular flexibility index (Phi) is 5.23. The van der Waals surface area contributed by atoms with E-state index in [2.05, 4.69) is 35.3 Å². The van der Waals surface area contributed by atoms with Gasteiger partial charge in [0.25, 0.3) is 0 Å². The first-order valence-electron chi connectivity index (χ1n) is 7.25. The van der Waals surface area contributed by atoms with Crippen molar-refractivity contribution >= 4 is 0 Å². The van der Waals surface area contributed by atoms with Crippen molar-refractivity contribution in [3.05, 3.63) is 29.3 Å². The molecule has 0 radical (unpaired) electrons. The second-order valence-electron chi connectivity index (χ2n) is 5.64. The normalized spacial score (nSPS) is 17.6. The van der Waals surface area contributed by atoms with Crippen LogP contribution in [0.15, 0.2) is 18.2 Å². The zero-order chi connectivity index (χ0) is 13.7. The van der Waals surface area contributed by atoms with Crippen LogP contribution >= 0.6 is 0 Å². The molecule has 0 unspecified atom stereocenters. The molecule has 1 aliphatic rings. The maximum absolute atomic E-state index is 5.49. The third-order valence-corrected chi connectivity index (χ3v) is 4.00. The summed E-state index contributed by atoms with van der Waals surface area (Å²) in [5.41, 5.74) is 2.58. The third-order valence-electron chi connectivity index (χ3n) is 4.00. The summed E-state index contributed by atoms with van der Waals surface area (Å²) in [6.45, 7) is 6.70. The molecule has 1 heterocycles. The molecule has 1 fully saturated rings. The maximum Gasteiger partial charge on any atom is 0.123 e. The van der Waals surface area contributed by atoms with E-state index < -0.39 is 0 Å². The van der Waals surface area contributed by atoms with Crippen molar-refractivity contribution in [3.63, 3.8) is 0 Å². The summed E-state index contributed by atoms with van der Waals surface area (Å²) >= 11 is 0. The number of nitrogens with zero attached hydrogens (tertiary/aromatic N) is 1. The Bertz CT molecular complexity index is 398. The van der Waals surface area contributed by atoms with Gasteiger partial charge in [0.05, 0.1) is 7.11 Å². The van der Waals surface area contributed by atoms with E-state index in [1.54, 1.807) is 7.11 Å². The van der Waals surface area contributed by atoms with Crippen molar-refractivity contribution in [2.75, 3.05) is 27.2 Å². The van der Waals surface area contributed by atoms with E-state index >= 15 is 0 Å². The molecule has 0 bridgehead atoms. The fraction of sp³-hybridized carbons (Fsp3) is 0.625. The summed E-state index contributed by atoms with van der Waals surface area (Å²) in [4.78, 5) is 2.55. The number of likely N-dealkylation sites (tertiary alicyclic amines) is 1. The van der Waals surface area contributed by atoms with Gasteiger partial charge < -0.3 is 10.1 Å². The minimum atomic E-state index is 0.852. The Morgan fingerprint density at radius 1 is 1.32 bits per heavy atom. The van der Waals surface area contributed by atoms with Gasteiger partial charge in [0, 0.05) is 18.7 Å². The van der Waals surface area contributed by atoms with Crippen LogP contribution in [0.5, 0.6) is 5.75 Å². The monoisotopic (exact) mass is 262 g/mol. The van der Waals surface area contributed by atoms with E-state index in [1.807, 2.05) is 7.05 Å². The molecule has 1 aromatic rings. The summed E-state index contributed by atoms with van der Waals surface area (Å²) in [5.74, 6) is 1.89. The second kappa shape index (κ2) is 6.92. The standard InChI is InChI=1S/C16H26N2O/c1-13-6-8-18(9-7-13)12-14-4-5-15(11-17-2)16(10-14)19-3/h4-5,10,13,17H,6-9,11-12H2,1-3H3. The second-order valence-corrected chi connectivity index (χ2v) is 5.64. The van der Waals surface area contributed by atoms with E-state index in [-0.39, 0.29) is 0 Å². The third kappa shape index (κ3) is 3.95. The number of ether oxygens (including phenoxy) is 1. The highest BCUT2D eigenvalue weighted by Gasteiger charge is 2.16. The molecule has 1 N–H and O–H groups in total. The van der Waals surface area contributed by atoms with Gasteiger partial charge in [-0.25, -0.2) is 0 Å². The van der Waals surface area contributed by atoms with Crippen molar-refractivity contribution < 1.29 is 4.74 Å². The SMILES string of the molecule is CNCc1ccc(CN2CCC(C)CC2)cc1OC. The molecule has 0 amide bonds. The molecule has 1 aromatic carbocycles. The Balaban J connectivity index is 2.00. The van der Waals surface area contributed by atoms with Gasteiger partial charge in [0.15, 0.2) is 0 Å². The smallest absolute Gasteiger partial charge is 0.123 e. The van der Waals surface area contributed by atoms with E-state index in [0.29, 0.717) is 0 Å². The highest BCUT2D eigenvalue weighted by atomic mass is 16.5. The maximum atomic E-state index is 5.49. The lowest BCUT2D eigenvalue weighted by Crippen LogP contribution is -2.32. The van der Waals surface area contributed by atoms with Crippen molar-refractivity contribution in [1.29, 1.82) is 0 Å². The van der Waals surface area contributed by atoms with E-state index in [1.165, 1.54) is 37.1 Å². The van der Waals surface area contributed by atoms with Crippen LogP contribution in [-0.2, 0) is 13.1 Å². The van der Waals surface area contributed by atoms with Gasteiger partial charge in [0.1, 0.15) is 5.75 Å². The van der Waals surface area contributed by atoms with Gasteiger partial charge in [-0.05, 0) is 50.5 Å². The van der Waals surface area contributed by atoms with Gasteiger partial charge >= 0.3 is 0 Å². The molecular formula is C16H26N2O. The Labute approximate surface area is 116 Å². The predicted octanol–water partition coefficient (Wildman–Crippen LogP) is 2.65. The molecule has 3 heteroatoms. The van der Waals surface area contributed by atoms with E-state index in [0.717, 1.165) is 24.8 Å². The van der Waals surface area contributed by atoms with Crippen LogP contribution in [0.4, 0.5) is 0 Å². The first kappa shape index (κ1) is 14.4. The van der Waals surface area contributed by atoms with E-state index in [4.69, 9.17) is 4.74 Å². The average molecular weight is 262 g/mol. The van der Waals surface area contributed by atoms with Crippen LogP contribution in [0.2, 0.25) is 0 Å². The number of nitrogens with one attached hydrogen (secondary N) is 1. The first-order chi connectivity index (χ1) is 9.22. The van der Waals surface area contributed by atoms with Crippen molar-refractivity contribution in [2.45, 2.75) is 32.9 Å². The lowest BCUT2D eigenvalue weighted by molar-refractivity contribution is 0.185. The minimum Gasteiger partial charge on any atom is -0.496 e. The molecule has 2 rings (SSSR count). The summed E-state index contributed by atoms with van der Waals surface area (Å²) in [5, 5.41) is 3.17. The fourth-order valence-corrected chi connectivity index (χ4v) is 2.70. The zero-order valence-corrected chi connectivity index (χ0v) is 12.4. The van der Waals surface area contributed by atoms with Crippen LogP contribution in [0.1, 0.15) is 30.9 Å². The summed E-state index contributed by atoms with van der Waals surface area (Å²) in [6, 6.07) is 6.59. The average Bonchev–Trinajstić information content (AvgIpc) is 2.43. The largest absolute Gasteiger partial charge is 0.496 e. The lowest BCUT2D eigenvalue weighted by Gasteiger charge is -2.30. The van der Waals surface area contributed by atoms with E-state index in [9.17, 15) is 0 Å². The van der Waals surface area contributed by atoms with Gasteiger partial charge in [0.2, 0.25) is 0 Å². The van der Waals surface area contributed by atoms with Gasteiger partial charge in [-0.1, -0.05) is 19.1 Å². The Morgan fingerprint density at radius 2 is 2.05 bits per heavy atom. The van der Waals surface area contributed by atoms with Crippen molar-refractivity contribution in [1.82, 2.24) is 10.2 Å². The van der Waals surface area contributed by atoms with Crippen LogP contribution in [0, 0.1) is 5.92 Å². The molecule has 0 atom stereocenters. The first-order valence-corrected chi connectivity index (χ1v) is 7.25. The quantitative estimate of drug-likeness (QED) is 0.883. The number of methoxy groups -OCH3 is 1. The molecule has 0 spiro atoms. The van der Waals surface area contributed by atoms with Crippen molar-refractivity contribution in [3.8, 4) is 5.75 Å².